The Morgan fingerprint density at radius 3 is 1.40 bits per heavy atom. The van der Waals surface area contributed by atoms with Gasteiger partial charge in [-0.05, 0) is 80.6 Å². The molecule has 0 aliphatic heterocycles. The third-order valence-electron chi connectivity index (χ3n) is 5.97. The second-order valence-electron chi connectivity index (χ2n) is 9.24. The molecule has 6 heteroatoms. The van der Waals surface area contributed by atoms with Gasteiger partial charge in [0, 0.05) is 16.2 Å². The van der Waals surface area contributed by atoms with Crippen LogP contribution in [0.15, 0.2) is 34.1 Å². The van der Waals surface area contributed by atoms with Gasteiger partial charge in [0.15, 0.2) is 0 Å². The Balaban J connectivity index is 0.000000367. The smallest absolute Gasteiger partial charge is 0.305 e. The first kappa shape index (κ1) is 30.7. The molecule has 35 heavy (non-hydrogen) atoms. The van der Waals surface area contributed by atoms with E-state index in [0.29, 0.717) is 6.42 Å². The van der Waals surface area contributed by atoms with Crippen molar-refractivity contribution in [1.82, 2.24) is 0 Å². The molecule has 2 aromatic rings. The Morgan fingerprint density at radius 2 is 1.06 bits per heavy atom. The van der Waals surface area contributed by atoms with E-state index in [-0.39, 0.29) is 17.5 Å². The Morgan fingerprint density at radius 1 is 0.714 bits per heavy atom. The van der Waals surface area contributed by atoms with Crippen molar-refractivity contribution in [3.63, 3.8) is 0 Å². The van der Waals surface area contributed by atoms with Gasteiger partial charge in [-0.1, -0.05) is 58.3 Å². The highest BCUT2D eigenvalue weighted by molar-refractivity contribution is 7.85. The van der Waals surface area contributed by atoms with E-state index in [4.69, 9.17) is 0 Å². The molecule has 0 bridgehead atoms. The highest BCUT2D eigenvalue weighted by Crippen LogP contribution is 2.32. The number of aromatic hydroxyl groups is 2. The number of carbonyl (C=O) groups is 1. The van der Waals surface area contributed by atoms with Gasteiger partial charge in [-0.3, -0.25) is 4.79 Å². The molecule has 0 spiro atoms. The van der Waals surface area contributed by atoms with Crippen LogP contribution >= 0.6 is 0 Å². The summed E-state index contributed by atoms with van der Waals surface area (Å²) < 4.78 is 17.5. The molecule has 0 saturated carbocycles. The number of benzene rings is 2. The fourth-order valence-corrected chi connectivity index (χ4v) is 5.83. The lowest BCUT2D eigenvalue weighted by atomic mass is 10.1. The van der Waals surface area contributed by atoms with E-state index in [9.17, 15) is 19.2 Å². The van der Waals surface area contributed by atoms with E-state index < -0.39 is 10.8 Å². The van der Waals surface area contributed by atoms with Crippen molar-refractivity contribution in [1.29, 1.82) is 0 Å². The van der Waals surface area contributed by atoms with Crippen LogP contribution in [0.2, 0.25) is 0 Å². The molecule has 0 atom stereocenters. The number of esters is 1. The number of unbranched alkanes of at least 4 members (excludes halogenated alkanes) is 8. The average molecular weight is 505 g/mol. The normalized spacial score (nSPS) is 10.7. The topological polar surface area (TPSA) is 83.8 Å². The van der Waals surface area contributed by atoms with Crippen molar-refractivity contribution in [2.45, 2.75) is 109 Å². The fraction of sp³-hybridized carbons (Fsp3) is 0.552. The molecule has 0 aliphatic carbocycles. The minimum absolute atomic E-state index is 0.0713. The number of methoxy groups -OCH3 is 1. The minimum Gasteiger partial charge on any atom is -0.508 e. The zero-order valence-corrected chi connectivity index (χ0v) is 23.2. The quantitative estimate of drug-likeness (QED) is 0.230. The van der Waals surface area contributed by atoms with Gasteiger partial charge in [0.1, 0.15) is 11.5 Å². The van der Waals surface area contributed by atoms with Gasteiger partial charge in [-0.2, -0.15) is 0 Å². The Hall–Kier alpha value is -2.34. The largest absolute Gasteiger partial charge is 0.508 e. The number of phenols is 2. The van der Waals surface area contributed by atoms with Crippen LogP contribution in [0, 0.1) is 27.7 Å². The monoisotopic (exact) mass is 504 g/mol. The predicted molar refractivity (Wildman–Crippen MR) is 144 cm³/mol. The lowest BCUT2D eigenvalue weighted by Gasteiger charge is -2.14. The van der Waals surface area contributed by atoms with Gasteiger partial charge < -0.3 is 14.9 Å². The average Bonchev–Trinajstić information content (AvgIpc) is 2.77. The summed E-state index contributed by atoms with van der Waals surface area (Å²) >= 11 is 0. The van der Waals surface area contributed by atoms with Gasteiger partial charge in [-0.25, -0.2) is 4.21 Å². The number of carbonyl (C=O) groups excluding carboxylic acids is 1. The highest BCUT2D eigenvalue weighted by atomic mass is 32.2. The lowest BCUT2D eigenvalue weighted by molar-refractivity contribution is -0.140. The van der Waals surface area contributed by atoms with Crippen LogP contribution in [-0.4, -0.2) is 27.5 Å². The summed E-state index contributed by atoms with van der Waals surface area (Å²) in [6.45, 7) is 9.60. The zero-order chi connectivity index (χ0) is 26.4. The van der Waals surface area contributed by atoms with Crippen LogP contribution in [-0.2, 0) is 20.3 Å². The summed E-state index contributed by atoms with van der Waals surface area (Å²) in [4.78, 5) is 12.2. The van der Waals surface area contributed by atoms with Gasteiger partial charge in [0.05, 0.1) is 17.9 Å². The van der Waals surface area contributed by atoms with Crippen molar-refractivity contribution in [3.05, 3.63) is 46.5 Å². The molecule has 2 rings (SSSR count). The lowest BCUT2D eigenvalue weighted by Crippen LogP contribution is -2.03. The molecule has 0 radical (unpaired) electrons. The number of aryl methyl sites for hydroxylation is 4. The molecular weight excluding hydrogens is 460 g/mol. The number of rotatable bonds is 12. The third-order valence-corrected chi connectivity index (χ3v) is 8.00. The molecule has 0 fully saturated rings. The van der Waals surface area contributed by atoms with Gasteiger partial charge in [-0.15, -0.1) is 0 Å². The maximum absolute atomic E-state index is 12.9. The molecule has 2 N–H and O–H groups in total. The van der Waals surface area contributed by atoms with Gasteiger partial charge >= 0.3 is 5.97 Å². The number of hydrogen-bond acceptors (Lipinski definition) is 5. The maximum Gasteiger partial charge on any atom is 0.305 e. The summed E-state index contributed by atoms with van der Waals surface area (Å²) in [6, 6.07) is 6.47. The van der Waals surface area contributed by atoms with Crippen LogP contribution in [0.25, 0.3) is 0 Å². The summed E-state index contributed by atoms with van der Waals surface area (Å²) in [6.07, 6.45) is 12.2. The number of hydrogen-bond donors (Lipinski definition) is 2. The zero-order valence-electron chi connectivity index (χ0n) is 22.4. The van der Waals surface area contributed by atoms with Crippen molar-refractivity contribution in [3.8, 4) is 11.5 Å². The van der Waals surface area contributed by atoms with E-state index in [1.54, 1.807) is 24.3 Å². The second-order valence-corrected chi connectivity index (χ2v) is 10.6. The fourth-order valence-electron chi connectivity index (χ4n) is 4.22. The molecule has 0 saturated heterocycles. The first-order chi connectivity index (χ1) is 16.6. The maximum atomic E-state index is 12.9. The standard InChI is InChI=1S/C16H18O3S.C13H26O2/c1-9-5-13(17)6-10(2)15(9)20(19)16-11(3)7-14(18)8-12(16)4;1-3-4-5-6-7-8-9-10-11-12-13(14)15-2/h5-8,17-18H,1-4H3;3-12H2,1-2H3. The van der Waals surface area contributed by atoms with E-state index in [0.717, 1.165) is 38.5 Å². The second kappa shape index (κ2) is 16.4. The molecular formula is C29H44O5S. The summed E-state index contributed by atoms with van der Waals surface area (Å²) in [7, 11) is 0.123. The Labute approximate surface area is 214 Å². The van der Waals surface area contributed by atoms with Crippen LogP contribution in [0.4, 0.5) is 0 Å². The molecule has 5 nitrogen and oxygen atoms in total. The van der Waals surface area contributed by atoms with E-state index in [1.165, 1.54) is 58.5 Å². The van der Waals surface area contributed by atoms with Crippen LogP contribution in [0.1, 0.15) is 93.4 Å². The summed E-state index contributed by atoms with van der Waals surface area (Å²) in [5, 5.41) is 19.2. The van der Waals surface area contributed by atoms with E-state index >= 15 is 0 Å². The minimum atomic E-state index is -1.33. The Kier molecular flexibility index (Phi) is 14.3. The number of phenolic OH excluding ortho intramolecular Hbond substituents is 2. The molecule has 0 aliphatic rings. The molecule has 0 amide bonds. The molecule has 0 unspecified atom stereocenters. The van der Waals surface area contributed by atoms with Crippen molar-refractivity contribution in [2.24, 2.45) is 0 Å². The SMILES string of the molecule is CCCCCCCCCCCC(=O)OC.Cc1cc(O)cc(C)c1S(=O)c1c(C)cc(O)cc1C. The molecule has 196 valence electrons. The molecule has 2 aromatic carbocycles. The van der Waals surface area contributed by atoms with Crippen molar-refractivity contribution < 1.29 is 24.0 Å². The Bertz CT molecular complexity index is 862. The predicted octanol–water partition coefficient (Wildman–Crippen LogP) is 7.58. The van der Waals surface area contributed by atoms with Gasteiger partial charge in [0.25, 0.3) is 0 Å². The number of ether oxygens (including phenoxy) is 1. The first-order valence-electron chi connectivity index (χ1n) is 12.7. The summed E-state index contributed by atoms with van der Waals surface area (Å²) in [5.74, 6) is 0.290. The van der Waals surface area contributed by atoms with Crippen LogP contribution in [0.5, 0.6) is 11.5 Å². The van der Waals surface area contributed by atoms with Crippen molar-refractivity contribution in [2.75, 3.05) is 7.11 Å². The molecule has 0 heterocycles. The van der Waals surface area contributed by atoms with Crippen LogP contribution in [0.3, 0.4) is 0 Å². The first-order valence-corrected chi connectivity index (χ1v) is 13.9. The third kappa shape index (κ3) is 10.9. The van der Waals surface area contributed by atoms with Crippen molar-refractivity contribution >= 4 is 16.8 Å². The van der Waals surface area contributed by atoms with E-state index in [1.807, 2.05) is 27.7 Å². The molecule has 0 aromatic heterocycles. The highest BCUT2D eigenvalue weighted by Gasteiger charge is 2.18. The van der Waals surface area contributed by atoms with E-state index in [2.05, 4.69) is 11.7 Å². The van der Waals surface area contributed by atoms with Crippen LogP contribution < -0.4 is 0 Å². The van der Waals surface area contributed by atoms with Gasteiger partial charge in [0.2, 0.25) is 0 Å². The summed E-state index contributed by atoms with van der Waals surface area (Å²) in [5.41, 5.74) is 3.20.